The van der Waals surface area contributed by atoms with E-state index >= 15 is 4.39 Å². The van der Waals surface area contributed by atoms with Crippen LogP contribution in [-0.2, 0) is 27.3 Å². The molecule has 0 bridgehead atoms. The fourth-order valence-electron chi connectivity index (χ4n) is 4.01. The number of carbonyl (C=O) groups is 2. The topological polar surface area (TPSA) is 68.3 Å². The molecular weight excluding hydrogens is 506 g/mol. The van der Waals surface area contributed by atoms with Gasteiger partial charge >= 0.3 is 6.09 Å². The molecule has 0 fully saturated rings. The van der Waals surface area contributed by atoms with Gasteiger partial charge in [0.1, 0.15) is 29.0 Å². The van der Waals surface area contributed by atoms with E-state index < -0.39 is 35.3 Å². The number of halogens is 2. The molecule has 7 nitrogen and oxygen atoms in total. The summed E-state index contributed by atoms with van der Waals surface area (Å²) < 4.78 is 40.5. The number of carbonyl (C=O) groups excluding carboxylic acids is 2. The van der Waals surface area contributed by atoms with Crippen molar-refractivity contribution in [2.45, 2.75) is 45.4 Å². The van der Waals surface area contributed by atoms with E-state index in [1.54, 1.807) is 64.3 Å². The molecule has 208 valence electrons. The van der Waals surface area contributed by atoms with E-state index in [0.29, 0.717) is 16.9 Å². The summed E-state index contributed by atoms with van der Waals surface area (Å²) in [5, 5.41) is 0.990. The summed E-state index contributed by atoms with van der Waals surface area (Å²) in [6.45, 7) is 5.15. The van der Waals surface area contributed by atoms with Gasteiger partial charge in [-0.2, -0.15) is 0 Å². The largest absolute Gasteiger partial charge is 0.497 e. The van der Waals surface area contributed by atoms with E-state index in [1.807, 2.05) is 0 Å². The van der Waals surface area contributed by atoms with E-state index in [1.165, 1.54) is 49.4 Å². The number of hydrogen-bond acceptors (Lipinski definition) is 5. The Labute approximate surface area is 227 Å². The number of hydrogen-bond donors (Lipinski definition) is 0. The van der Waals surface area contributed by atoms with Crippen molar-refractivity contribution < 1.29 is 32.7 Å². The third-order valence-corrected chi connectivity index (χ3v) is 6.01. The Balaban J connectivity index is 2.07. The first-order chi connectivity index (χ1) is 18.4. The normalized spacial score (nSPS) is 12.0. The van der Waals surface area contributed by atoms with Gasteiger partial charge in [-0.1, -0.05) is 42.5 Å². The average molecular weight is 541 g/mol. The van der Waals surface area contributed by atoms with E-state index in [2.05, 4.69) is 0 Å². The van der Waals surface area contributed by atoms with E-state index in [-0.39, 0.29) is 24.1 Å². The summed E-state index contributed by atoms with van der Waals surface area (Å²) >= 11 is 0. The maximum Gasteiger partial charge on any atom is 0.411 e. The third-order valence-electron chi connectivity index (χ3n) is 6.01. The second-order valence-electron chi connectivity index (χ2n) is 9.98. The lowest BCUT2D eigenvalue weighted by Gasteiger charge is -2.34. The van der Waals surface area contributed by atoms with Gasteiger partial charge in [0.15, 0.2) is 0 Å². The van der Waals surface area contributed by atoms with E-state index in [0.717, 1.165) is 5.06 Å². The molecule has 0 N–H and O–H groups in total. The van der Waals surface area contributed by atoms with Gasteiger partial charge in [0.25, 0.3) is 5.91 Å². The Morgan fingerprint density at radius 3 is 2.21 bits per heavy atom. The number of benzene rings is 3. The molecule has 0 aromatic heterocycles. The molecule has 0 radical (unpaired) electrons. The summed E-state index contributed by atoms with van der Waals surface area (Å²) in [4.78, 5) is 33.4. The molecule has 0 spiro atoms. The molecule has 3 aromatic carbocycles. The van der Waals surface area contributed by atoms with Crippen LogP contribution in [0.4, 0.5) is 13.6 Å². The quantitative estimate of drug-likeness (QED) is 0.311. The van der Waals surface area contributed by atoms with Crippen LogP contribution in [0.2, 0.25) is 0 Å². The van der Waals surface area contributed by atoms with Gasteiger partial charge < -0.3 is 9.47 Å². The molecule has 9 heteroatoms. The highest BCUT2D eigenvalue weighted by Crippen LogP contribution is 2.28. The first-order valence-corrected chi connectivity index (χ1v) is 12.4. The number of ether oxygens (including phenoxy) is 2. The second kappa shape index (κ2) is 12.7. The Bertz CT molecular complexity index is 1290. The van der Waals surface area contributed by atoms with Gasteiger partial charge in [-0.3, -0.25) is 14.5 Å². The molecule has 0 heterocycles. The summed E-state index contributed by atoms with van der Waals surface area (Å²) in [6.07, 6.45) is -0.931. The zero-order chi connectivity index (χ0) is 28.7. The first-order valence-electron chi connectivity index (χ1n) is 12.4. The maximum absolute atomic E-state index is 15.8. The van der Waals surface area contributed by atoms with E-state index in [9.17, 15) is 14.0 Å². The maximum atomic E-state index is 15.8. The molecule has 2 amide bonds. The van der Waals surface area contributed by atoms with Crippen LogP contribution in [0.25, 0.3) is 11.1 Å². The highest BCUT2D eigenvalue weighted by molar-refractivity contribution is 5.85. The molecule has 0 aliphatic carbocycles. The van der Waals surface area contributed by atoms with E-state index in [4.69, 9.17) is 14.3 Å². The molecule has 0 aliphatic heterocycles. The zero-order valence-electron chi connectivity index (χ0n) is 23.0. The molecule has 39 heavy (non-hydrogen) atoms. The smallest absolute Gasteiger partial charge is 0.411 e. The minimum Gasteiger partial charge on any atom is -0.497 e. The summed E-state index contributed by atoms with van der Waals surface area (Å²) in [5.74, 6) is -1.06. The Morgan fingerprint density at radius 1 is 0.949 bits per heavy atom. The van der Waals surface area contributed by atoms with Crippen molar-refractivity contribution in [3.05, 3.63) is 89.5 Å². The Morgan fingerprint density at radius 2 is 1.62 bits per heavy atom. The number of hydroxylamine groups is 2. The number of nitrogens with zero attached hydrogens (tertiary/aromatic N) is 2. The molecule has 1 unspecified atom stereocenters. The molecule has 0 saturated heterocycles. The SMILES string of the molecule is COc1ccc(CN(C(=O)OC(C)(C)C)C(Cc2cccc(-c3cccc(F)c3)c2F)C(=O)N(C)OC)cc1. The minimum absolute atomic E-state index is 0.00191. The number of likely N-dealkylation sites (N-methyl/N-ethyl adjacent to an activating group) is 1. The van der Waals surface area contributed by atoms with Crippen molar-refractivity contribution in [1.82, 2.24) is 9.96 Å². The van der Waals surface area contributed by atoms with Gasteiger partial charge in [0, 0.05) is 25.6 Å². The van der Waals surface area contributed by atoms with Crippen LogP contribution in [0.5, 0.6) is 5.75 Å². The lowest BCUT2D eigenvalue weighted by molar-refractivity contribution is -0.174. The molecule has 0 saturated carbocycles. The Kier molecular flexibility index (Phi) is 9.64. The van der Waals surface area contributed by atoms with Crippen LogP contribution in [0, 0.1) is 11.6 Å². The first kappa shape index (κ1) is 29.6. The minimum atomic E-state index is -1.19. The standard InChI is InChI=1S/C30H34F2N2O5/c1-30(2,3)39-29(36)34(19-20-13-15-24(37-5)16-14-20)26(28(35)33(4)38-6)18-22-10-8-12-25(27(22)32)21-9-7-11-23(31)17-21/h7-17,26H,18-19H2,1-6H3. The summed E-state index contributed by atoms with van der Waals surface area (Å²) in [6, 6.07) is 16.1. The van der Waals surface area contributed by atoms with Gasteiger partial charge in [-0.05, 0) is 61.7 Å². The molecule has 3 aromatic rings. The van der Waals surface area contributed by atoms with Crippen LogP contribution in [0.1, 0.15) is 31.9 Å². The Hall–Kier alpha value is -3.98. The van der Waals surface area contributed by atoms with Crippen molar-refractivity contribution in [3.63, 3.8) is 0 Å². The fourth-order valence-corrected chi connectivity index (χ4v) is 4.01. The predicted molar refractivity (Wildman–Crippen MR) is 144 cm³/mol. The van der Waals surface area contributed by atoms with Gasteiger partial charge in [-0.25, -0.2) is 18.6 Å². The van der Waals surface area contributed by atoms with Crippen molar-refractivity contribution in [2.75, 3.05) is 21.3 Å². The summed E-state index contributed by atoms with van der Waals surface area (Å²) in [5.41, 5.74) is 0.556. The van der Waals surface area contributed by atoms with Crippen LogP contribution in [-0.4, -0.2) is 54.9 Å². The molecule has 3 rings (SSSR count). The monoisotopic (exact) mass is 540 g/mol. The van der Waals surface area contributed by atoms with Crippen molar-refractivity contribution in [2.24, 2.45) is 0 Å². The highest BCUT2D eigenvalue weighted by Gasteiger charge is 2.36. The number of methoxy groups -OCH3 is 1. The lowest BCUT2D eigenvalue weighted by Crippen LogP contribution is -2.52. The van der Waals surface area contributed by atoms with Crippen LogP contribution >= 0.6 is 0 Å². The van der Waals surface area contributed by atoms with Crippen molar-refractivity contribution in [1.29, 1.82) is 0 Å². The van der Waals surface area contributed by atoms with Gasteiger partial charge in [0.05, 0.1) is 14.2 Å². The van der Waals surface area contributed by atoms with Crippen molar-refractivity contribution >= 4 is 12.0 Å². The summed E-state index contributed by atoms with van der Waals surface area (Å²) in [7, 11) is 4.28. The molecular formula is C30H34F2N2O5. The highest BCUT2D eigenvalue weighted by atomic mass is 19.1. The fraction of sp³-hybridized carbons (Fsp3) is 0.333. The zero-order valence-corrected chi connectivity index (χ0v) is 23.0. The predicted octanol–water partition coefficient (Wildman–Crippen LogP) is 6.01. The molecule has 1 atom stereocenters. The average Bonchev–Trinajstić information content (AvgIpc) is 2.90. The number of amides is 2. The second-order valence-corrected chi connectivity index (χ2v) is 9.98. The van der Waals surface area contributed by atoms with Gasteiger partial charge in [0.2, 0.25) is 0 Å². The van der Waals surface area contributed by atoms with Crippen LogP contribution in [0.15, 0.2) is 66.7 Å². The van der Waals surface area contributed by atoms with Crippen molar-refractivity contribution in [3.8, 4) is 16.9 Å². The number of rotatable bonds is 9. The third kappa shape index (κ3) is 7.77. The van der Waals surface area contributed by atoms with Crippen LogP contribution < -0.4 is 4.74 Å². The van der Waals surface area contributed by atoms with Gasteiger partial charge in [-0.15, -0.1) is 0 Å². The molecule has 0 aliphatic rings. The lowest BCUT2D eigenvalue weighted by atomic mass is 9.97. The van der Waals surface area contributed by atoms with Crippen LogP contribution in [0.3, 0.4) is 0 Å².